The minimum absolute atomic E-state index is 0.0341. The van der Waals surface area contributed by atoms with E-state index < -0.39 is 18.1 Å². The number of amides is 1. The van der Waals surface area contributed by atoms with Crippen LogP contribution in [-0.2, 0) is 27.4 Å². The first-order chi connectivity index (χ1) is 9.43. The number of aliphatic hydroxyl groups is 1. The number of methoxy groups -OCH3 is 1. The van der Waals surface area contributed by atoms with Crippen molar-refractivity contribution < 1.29 is 19.4 Å². The van der Waals surface area contributed by atoms with E-state index in [4.69, 9.17) is 23.2 Å². The number of aromatic nitrogens is 3. The van der Waals surface area contributed by atoms with E-state index >= 15 is 0 Å². The Kier molecular flexibility index (Phi) is 4.26. The number of carbonyl (C=O) groups excluding carboxylic acids is 2. The molecule has 1 N–H and O–H groups in total. The molecule has 0 bridgehead atoms. The third-order valence-electron chi connectivity index (χ3n) is 2.62. The molecule has 0 aromatic carbocycles. The van der Waals surface area contributed by atoms with Gasteiger partial charge in [0.1, 0.15) is 17.3 Å². The summed E-state index contributed by atoms with van der Waals surface area (Å²) in [6.45, 7) is -0.132. The van der Waals surface area contributed by atoms with Crippen LogP contribution in [0.3, 0.4) is 0 Å². The average molecular weight is 321 g/mol. The lowest BCUT2D eigenvalue weighted by molar-refractivity contribution is -0.141. The van der Waals surface area contributed by atoms with Gasteiger partial charge in [-0.2, -0.15) is 0 Å². The molecule has 0 radical (unpaired) electrons. The lowest BCUT2D eigenvalue weighted by atomic mass is 10.4. The van der Waals surface area contributed by atoms with Crippen LogP contribution in [0.2, 0.25) is 0 Å². The Bertz CT molecular complexity index is 586. The van der Waals surface area contributed by atoms with Crippen molar-refractivity contribution in [1.29, 1.82) is 0 Å². The summed E-state index contributed by atoms with van der Waals surface area (Å²) in [5, 5.41) is 16.9. The molecule has 20 heavy (non-hydrogen) atoms. The predicted octanol–water partition coefficient (Wildman–Crippen LogP) is -0.199. The number of hydrogen-bond donors (Lipinski definition) is 1. The largest absolute Gasteiger partial charge is 0.468 e. The fourth-order valence-electron chi connectivity index (χ4n) is 1.61. The normalized spacial score (nSPS) is 18.9. The summed E-state index contributed by atoms with van der Waals surface area (Å²) < 4.78 is 5.74. The molecule has 0 aliphatic carbocycles. The molecule has 0 saturated carbocycles. The molecule has 1 aliphatic rings. The predicted molar refractivity (Wildman–Crippen MR) is 67.3 cm³/mol. The van der Waals surface area contributed by atoms with E-state index in [1.165, 1.54) is 18.0 Å². The lowest BCUT2D eigenvalue weighted by Crippen LogP contribution is -2.34. The van der Waals surface area contributed by atoms with Crippen LogP contribution in [0.1, 0.15) is 5.69 Å². The monoisotopic (exact) mass is 320 g/mol. The molecule has 1 aromatic heterocycles. The van der Waals surface area contributed by atoms with E-state index in [2.05, 4.69) is 15.0 Å². The van der Waals surface area contributed by atoms with Gasteiger partial charge in [-0.15, -0.1) is 5.10 Å². The number of ether oxygens (including phenoxy) is 1. The Morgan fingerprint density at radius 3 is 2.80 bits per heavy atom. The van der Waals surface area contributed by atoms with Crippen molar-refractivity contribution >= 4 is 35.1 Å². The minimum Gasteiger partial charge on any atom is -0.468 e. The number of hydrogen-bond acceptors (Lipinski definition) is 6. The summed E-state index contributed by atoms with van der Waals surface area (Å²) in [6.07, 6.45) is 0.152. The molecule has 1 amide bonds. The highest BCUT2D eigenvalue weighted by atomic mass is 35.5. The molecule has 2 rings (SSSR count). The summed E-state index contributed by atoms with van der Waals surface area (Å²) >= 11 is 11.4. The van der Waals surface area contributed by atoms with Gasteiger partial charge in [0.25, 0.3) is 5.91 Å². The van der Waals surface area contributed by atoms with E-state index in [1.807, 2.05) is 0 Å². The van der Waals surface area contributed by atoms with Crippen LogP contribution in [0.4, 0.5) is 0 Å². The fourth-order valence-corrected chi connectivity index (χ4v) is 2.01. The van der Waals surface area contributed by atoms with Crippen molar-refractivity contribution in [2.24, 2.45) is 0 Å². The highest BCUT2D eigenvalue weighted by Gasteiger charge is 2.36. The molecule has 1 aliphatic heterocycles. The first-order valence-corrected chi connectivity index (χ1v) is 6.19. The minimum atomic E-state index is -1.30. The van der Waals surface area contributed by atoms with Crippen LogP contribution in [-0.4, -0.2) is 50.2 Å². The van der Waals surface area contributed by atoms with E-state index in [0.29, 0.717) is 5.69 Å². The Balaban J connectivity index is 2.05. The van der Waals surface area contributed by atoms with Gasteiger partial charge in [0, 0.05) is 0 Å². The van der Waals surface area contributed by atoms with Gasteiger partial charge in [-0.1, -0.05) is 28.4 Å². The van der Waals surface area contributed by atoms with Crippen LogP contribution >= 0.6 is 23.2 Å². The maximum atomic E-state index is 11.7. The van der Waals surface area contributed by atoms with Crippen LogP contribution in [0.5, 0.6) is 0 Å². The van der Waals surface area contributed by atoms with Gasteiger partial charge in [-0.3, -0.25) is 9.59 Å². The van der Waals surface area contributed by atoms with E-state index in [1.54, 1.807) is 0 Å². The van der Waals surface area contributed by atoms with Gasteiger partial charge < -0.3 is 14.7 Å². The van der Waals surface area contributed by atoms with Gasteiger partial charge in [-0.05, 0) is 0 Å². The molecule has 8 nitrogen and oxygen atoms in total. The van der Waals surface area contributed by atoms with Gasteiger partial charge in [0.05, 0.1) is 24.9 Å². The number of nitrogens with zero attached hydrogens (tertiary/aromatic N) is 4. The first kappa shape index (κ1) is 14.8. The molecule has 0 saturated heterocycles. The second kappa shape index (κ2) is 5.78. The molecule has 108 valence electrons. The Hall–Kier alpha value is -1.64. The molecule has 1 aromatic rings. The molecule has 2 heterocycles. The molecule has 10 heteroatoms. The molecule has 0 fully saturated rings. The zero-order chi connectivity index (χ0) is 14.9. The molecule has 0 spiro atoms. The smallest absolute Gasteiger partial charge is 0.327 e. The second-order valence-electron chi connectivity index (χ2n) is 3.95. The molecular weight excluding hydrogens is 311 g/mol. The Morgan fingerprint density at radius 1 is 1.55 bits per heavy atom. The Labute approximate surface area is 123 Å². The summed E-state index contributed by atoms with van der Waals surface area (Å²) in [7, 11) is 1.26. The van der Waals surface area contributed by atoms with Crippen molar-refractivity contribution in [1.82, 2.24) is 19.9 Å². The van der Waals surface area contributed by atoms with Crippen molar-refractivity contribution in [3.05, 3.63) is 22.0 Å². The molecular formula is C10H10Cl2N4O4. The van der Waals surface area contributed by atoms with Crippen LogP contribution in [0.25, 0.3) is 0 Å². The first-order valence-electron chi connectivity index (χ1n) is 5.44. The number of carbonyl (C=O) groups is 2. The summed E-state index contributed by atoms with van der Waals surface area (Å²) in [5.41, 5.74) is 0.372. The maximum Gasteiger partial charge on any atom is 0.327 e. The van der Waals surface area contributed by atoms with Gasteiger partial charge in [0.15, 0.2) is 6.23 Å². The quantitative estimate of drug-likeness (QED) is 0.772. The van der Waals surface area contributed by atoms with Crippen molar-refractivity contribution in [3.63, 3.8) is 0 Å². The van der Waals surface area contributed by atoms with Crippen LogP contribution < -0.4 is 0 Å². The Morgan fingerprint density at radius 2 is 2.25 bits per heavy atom. The molecule has 1 unspecified atom stereocenters. The SMILES string of the molecule is COC(=O)Cn1cc(CN2C(=O)C(Cl)=C(Cl)C2O)nn1. The zero-order valence-corrected chi connectivity index (χ0v) is 11.8. The maximum absolute atomic E-state index is 11.7. The van der Waals surface area contributed by atoms with E-state index in [-0.39, 0.29) is 23.2 Å². The van der Waals surface area contributed by atoms with Crippen LogP contribution in [0, 0.1) is 0 Å². The third kappa shape index (κ3) is 2.77. The topological polar surface area (TPSA) is 97.5 Å². The van der Waals surface area contributed by atoms with Gasteiger partial charge in [0.2, 0.25) is 0 Å². The highest BCUT2D eigenvalue weighted by molar-refractivity contribution is 6.49. The lowest BCUT2D eigenvalue weighted by Gasteiger charge is -2.19. The number of esters is 1. The number of aliphatic hydroxyl groups excluding tert-OH is 1. The van der Waals surface area contributed by atoms with Crippen molar-refractivity contribution in [2.75, 3.05) is 7.11 Å². The summed E-state index contributed by atoms with van der Waals surface area (Å²) in [5.74, 6) is -1.07. The van der Waals surface area contributed by atoms with E-state index in [0.717, 1.165) is 4.90 Å². The van der Waals surface area contributed by atoms with Gasteiger partial charge >= 0.3 is 5.97 Å². The summed E-state index contributed by atoms with van der Waals surface area (Å²) in [4.78, 5) is 23.8. The van der Waals surface area contributed by atoms with E-state index in [9.17, 15) is 14.7 Å². The van der Waals surface area contributed by atoms with Crippen molar-refractivity contribution in [3.8, 4) is 0 Å². The van der Waals surface area contributed by atoms with Crippen molar-refractivity contribution in [2.45, 2.75) is 19.3 Å². The van der Waals surface area contributed by atoms with Gasteiger partial charge in [-0.25, -0.2) is 4.68 Å². The molecule has 1 atom stereocenters. The highest BCUT2D eigenvalue weighted by Crippen LogP contribution is 2.30. The number of halogens is 2. The second-order valence-corrected chi connectivity index (χ2v) is 4.74. The number of rotatable bonds is 4. The zero-order valence-electron chi connectivity index (χ0n) is 10.3. The average Bonchev–Trinajstić information content (AvgIpc) is 2.94. The van der Waals surface area contributed by atoms with Crippen LogP contribution in [0.15, 0.2) is 16.3 Å². The standard InChI is InChI=1S/C10H10Cl2N4O4/c1-20-6(17)4-15-2-5(13-14-15)3-16-9(18)7(11)8(12)10(16)19/h2,9,18H,3-4H2,1H3. The third-order valence-corrected chi connectivity index (χ3v) is 3.46. The fraction of sp³-hybridized carbons (Fsp3) is 0.400. The summed E-state index contributed by atoms with van der Waals surface area (Å²) in [6, 6.07) is 0.